The number of rotatable bonds is 6. The molecule has 0 aromatic rings. The van der Waals surface area contributed by atoms with Gasteiger partial charge in [-0.25, -0.2) is 4.79 Å². The number of amides is 3. The van der Waals surface area contributed by atoms with Crippen molar-refractivity contribution in [3.8, 4) is 0 Å². The van der Waals surface area contributed by atoms with Crippen LogP contribution in [0.25, 0.3) is 0 Å². The summed E-state index contributed by atoms with van der Waals surface area (Å²) in [6, 6.07) is 0.321. The van der Waals surface area contributed by atoms with Crippen molar-refractivity contribution in [2.45, 2.75) is 83.6 Å². The molecule has 5 heteroatoms. The largest absolute Gasteiger partial charge is 0.353 e. The Bertz CT molecular complexity index is 456. The molecule has 3 rings (SSSR count). The van der Waals surface area contributed by atoms with Crippen LogP contribution in [0.5, 0.6) is 0 Å². The van der Waals surface area contributed by atoms with Crippen LogP contribution >= 0.6 is 0 Å². The topological polar surface area (TPSA) is 61.4 Å². The van der Waals surface area contributed by atoms with E-state index in [0.717, 1.165) is 38.9 Å². The molecule has 2 saturated carbocycles. The van der Waals surface area contributed by atoms with E-state index in [1.807, 2.05) is 4.90 Å². The maximum atomic E-state index is 12.4. The fourth-order valence-corrected chi connectivity index (χ4v) is 4.70. The smallest absolute Gasteiger partial charge is 0.317 e. The first kappa shape index (κ1) is 18.5. The molecule has 142 valence electrons. The van der Waals surface area contributed by atoms with E-state index in [4.69, 9.17) is 0 Å². The van der Waals surface area contributed by atoms with Crippen LogP contribution < -0.4 is 10.6 Å². The Balaban J connectivity index is 1.33. The average molecular weight is 350 g/mol. The van der Waals surface area contributed by atoms with Crippen molar-refractivity contribution in [2.75, 3.05) is 19.6 Å². The number of likely N-dealkylation sites (tertiary alicyclic amines) is 1. The predicted octanol–water partition coefficient (Wildman–Crippen LogP) is 3.44. The number of carbonyl (C=O) groups is 2. The van der Waals surface area contributed by atoms with Crippen LogP contribution in [0, 0.1) is 11.3 Å². The summed E-state index contributed by atoms with van der Waals surface area (Å²) in [5, 5.41) is 6.34. The highest BCUT2D eigenvalue weighted by Crippen LogP contribution is 2.43. The first-order chi connectivity index (χ1) is 12.1. The molecular weight excluding hydrogens is 314 g/mol. The summed E-state index contributed by atoms with van der Waals surface area (Å²) in [6.45, 7) is 4.55. The third kappa shape index (κ3) is 4.89. The van der Waals surface area contributed by atoms with Gasteiger partial charge in [-0.05, 0) is 56.3 Å². The lowest BCUT2D eigenvalue weighted by Crippen LogP contribution is -2.51. The zero-order valence-electron chi connectivity index (χ0n) is 15.8. The lowest BCUT2D eigenvalue weighted by Gasteiger charge is -2.42. The first-order valence-electron chi connectivity index (χ1n) is 10.4. The quantitative estimate of drug-likeness (QED) is 0.772. The summed E-state index contributed by atoms with van der Waals surface area (Å²) in [7, 11) is 0. The minimum Gasteiger partial charge on any atom is -0.353 e. The van der Waals surface area contributed by atoms with Gasteiger partial charge in [0, 0.05) is 32.1 Å². The summed E-state index contributed by atoms with van der Waals surface area (Å²) in [5.74, 6) is 0.813. The van der Waals surface area contributed by atoms with Crippen LogP contribution in [0.15, 0.2) is 0 Å². The van der Waals surface area contributed by atoms with Crippen molar-refractivity contribution in [2.24, 2.45) is 11.3 Å². The van der Waals surface area contributed by atoms with Gasteiger partial charge in [0.15, 0.2) is 0 Å². The molecule has 3 aliphatic rings. The molecule has 0 bridgehead atoms. The second kappa shape index (κ2) is 8.41. The highest BCUT2D eigenvalue weighted by Gasteiger charge is 2.35. The van der Waals surface area contributed by atoms with Gasteiger partial charge in [-0.3, -0.25) is 4.79 Å². The van der Waals surface area contributed by atoms with Crippen LogP contribution in [0.1, 0.15) is 77.6 Å². The predicted molar refractivity (Wildman–Crippen MR) is 99.3 cm³/mol. The lowest BCUT2D eigenvalue weighted by molar-refractivity contribution is -0.122. The number of carbonyl (C=O) groups excluding carboxylic acids is 2. The zero-order valence-corrected chi connectivity index (χ0v) is 15.8. The molecule has 3 amide bonds. The van der Waals surface area contributed by atoms with Crippen LogP contribution in [0.2, 0.25) is 0 Å². The molecule has 2 aliphatic carbocycles. The van der Waals surface area contributed by atoms with Crippen molar-refractivity contribution >= 4 is 11.9 Å². The van der Waals surface area contributed by atoms with E-state index in [1.54, 1.807) is 0 Å². The summed E-state index contributed by atoms with van der Waals surface area (Å²) in [5.41, 5.74) is 0.363. The number of hydrogen-bond donors (Lipinski definition) is 2. The molecule has 1 saturated heterocycles. The number of hydrogen-bond acceptors (Lipinski definition) is 2. The van der Waals surface area contributed by atoms with Gasteiger partial charge in [-0.2, -0.15) is 0 Å². The number of piperidine rings is 1. The Labute approximate surface area is 152 Å². The van der Waals surface area contributed by atoms with Crippen molar-refractivity contribution in [3.05, 3.63) is 0 Å². The fourth-order valence-electron chi connectivity index (χ4n) is 4.70. The molecule has 3 fully saturated rings. The molecule has 1 heterocycles. The highest BCUT2D eigenvalue weighted by atomic mass is 16.2. The molecule has 1 aliphatic heterocycles. The maximum absolute atomic E-state index is 12.4. The molecule has 0 radical (unpaired) electrons. The molecule has 0 unspecified atom stereocenters. The molecule has 25 heavy (non-hydrogen) atoms. The number of nitrogens with one attached hydrogen (secondary N) is 2. The Morgan fingerprint density at radius 1 is 1.04 bits per heavy atom. The highest BCUT2D eigenvalue weighted by molar-refractivity contribution is 5.77. The van der Waals surface area contributed by atoms with Gasteiger partial charge >= 0.3 is 6.03 Å². The summed E-state index contributed by atoms with van der Waals surface area (Å²) in [4.78, 5) is 26.5. The fraction of sp³-hybridized carbons (Fsp3) is 0.900. The van der Waals surface area contributed by atoms with Crippen LogP contribution in [-0.4, -0.2) is 42.5 Å². The maximum Gasteiger partial charge on any atom is 0.317 e. The molecule has 0 aromatic heterocycles. The van der Waals surface area contributed by atoms with E-state index in [9.17, 15) is 9.59 Å². The molecule has 5 nitrogen and oxygen atoms in total. The van der Waals surface area contributed by atoms with E-state index in [1.165, 1.54) is 44.9 Å². The Hall–Kier alpha value is -1.26. The molecule has 0 aromatic carbocycles. The van der Waals surface area contributed by atoms with Gasteiger partial charge in [-0.1, -0.05) is 26.2 Å². The van der Waals surface area contributed by atoms with E-state index in [2.05, 4.69) is 17.6 Å². The molecule has 2 N–H and O–H groups in total. The summed E-state index contributed by atoms with van der Waals surface area (Å²) in [6.07, 6.45) is 12.4. The lowest BCUT2D eigenvalue weighted by atomic mass is 9.67. The van der Waals surface area contributed by atoms with Gasteiger partial charge in [-0.15, -0.1) is 0 Å². The molecular formula is C20H35N3O2. The SMILES string of the molecule is CCC1(CNC(=O)N2CCC(NC(=O)CC3CCCC3)CC2)CCC1. The van der Waals surface area contributed by atoms with Crippen molar-refractivity contribution in [1.29, 1.82) is 0 Å². The van der Waals surface area contributed by atoms with Gasteiger partial charge < -0.3 is 15.5 Å². The third-order valence-electron chi connectivity index (χ3n) is 6.87. The minimum atomic E-state index is 0.0791. The average Bonchev–Trinajstić information content (AvgIpc) is 3.07. The molecule has 0 spiro atoms. The second-order valence-electron chi connectivity index (χ2n) is 8.55. The van der Waals surface area contributed by atoms with E-state index >= 15 is 0 Å². The minimum absolute atomic E-state index is 0.0791. The van der Waals surface area contributed by atoms with Crippen molar-refractivity contribution < 1.29 is 9.59 Å². The van der Waals surface area contributed by atoms with Crippen LogP contribution in [0.3, 0.4) is 0 Å². The third-order valence-corrected chi connectivity index (χ3v) is 6.87. The van der Waals surface area contributed by atoms with Crippen molar-refractivity contribution in [1.82, 2.24) is 15.5 Å². The van der Waals surface area contributed by atoms with Gasteiger partial charge in [0.2, 0.25) is 5.91 Å². The first-order valence-corrected chi connectivity index (χ1v) is 10.4. The van der Waals surface area contributed by atoms with Crippen LogP contribution in [-0.2, 0) is 4.79 Å². The summed E-state index contributed by atoms with van der Waals surface area (Å²) >= 11 is 0. The van der Waals surface area contributed by atoms with Gasteiger partial charge in [0.05, 0.1) is 0 Å². The van der Waals surface area contributed by atoms with Crippen LogP contribution in [0.4, 0.5) is 4.79 Å². The zero-order chi connectivity index (χ0) is 17.7. The molecule has 0 atom stereocenters. The monoisotopic (exact) mass is 349 g/mol. The van der Waals surface area contributed by atoms with E-state index in [0.29, 0.717) is 17.8 Å². The van der Waals surface area contributed by atoms with Gasteiger partial charge in [0.25, 0.3) is 0 Å². The number of urea groups is 1. The van der Waals surface area contributed by atoms with E-state index < -0.39 is 0 Å². The second-order valence-corrected chi connectivity index (χ2v) is 8.55. The van der Waals surface area contributed by atoms with Crippen molar-refractivity contribution in [3.63, 3.8) is 0 Å². The Morgan fingerprint density at radius 2 is 1.72 bits per heavy atom. The van der Waals surface area contributed by atoms with Gasteiger partial charge in [0.1, 0.15) is 0 Å². The standard InChI is InChI=1S/C20H35N3O2/c1-2-20(10-5-11-20)15-21-19(25)23-12-8-17(9-13-23)22-18(24)14-16-6-3-4-7-16/h16-17H,2-15H2,1H3,(H,21,25)(H,22,24). The van der Waals surface area contributed by atoms with E-state index in [-0.39, 0.29) is 18.0 Å². The normalized spacial score (nSPS) is 24.0. The Morgan fingerprint density at radius 3 is 2.28 bits per heavy atom. The summed E-state index contributed by atoms with van der Waals surface area (Å²) < 4.78 is 0. The number of nitrogens with zero attached hydrogens (tertiary/aromatic N) is 1. The Kier molecular flexibility index (Phi) is 6.24.